The summed E-state index contributed by atoms with van der Waals surface area (Å²) in [5.41, 5.74) is -0.357. The van der Waals surface area contributed by atoms with Crippen LogP contribution >= 0.6 is 11.6 Å². The molecular formula is C17H25ClN2O3. The van der Waals surface area contributed by atoms with Crippen LogP contribution in [0.4, 0.5) is 4.79 Å². The van der Waals surface area contributed by atoms with Gasteiger partial charge in [0.25, 0.3) is 0 Å². The summed E-state index contributed by atoms with van der Waals surface area (Å²) in [5.74, 6) is 1.22. The number of amides is 1. The fourth-order valence-electron chi connectivity index (χ4n) is 2.70. The van der Waals surface area contributed by atoms with Crippen molar-refractivity contribution in [2.75, 3.05) is 32.8 Å². The zero-order valence-electron chi connectivity index (χ0n) is 14.0. The number of carbonyl (C=O) groups is 1. The Morgan fingerprint density at radius 1 is 1.35 bits per heavy atom. The van der Waals surface area contributed by atoms with Crippen molar-refractivity contribution in [2.24, 2.45) is 5.92 Å². The third-order valence-electron chi connectivity index (χ3n) is 4.00. The van der Waals surface area contributed by atoms with E-state index in [-0.39, 0.29) is 5.54 Å². The summed E-state index contributed by atoms with van der Waals surface area (Å²) in [4.78, 5) is 15.1. The fourth-order valence-corrected chi connectivity index (χ4v) is 2.82. The molecule has 5 nitrogen and oxygen atoms in total. The van der Waals surface area contributed by atoms with Gasteiger partial charge in [-0.15, -0.1) is 0 Å². The van der Waals surface area contributed by atoms with Crippen molar-refractivity contribution in [3.05, 3.63) is 29.3 Å². The van der Waals surface area contributed by atoms with E-state index in [9.17, 15) is 9.90 Å². The second-order valence-corrected chi connectivity index (χ2v) is 7.43. The molecule has 0 bridgehead atoms. The first-order valence-corrected chi connectivity index (χ1v) is 8.25. The number of nitrogens with zero attached hydrogens (tertiary/aromatic N) is 2. The van der Waals surface area contributed by atoms with Crippen LogP contribution in [0, 0.1) is 5.92 Å². The van der Waals surface area contributed by atoms with Gasteiger partial charge in [-0.05, 0) is 45.0 Å². The van der Waals surface area contributed by atoms with E-state index in [1.165, 1.54) is 4.90 Å². The number of carboxylic acid groups (broad SMARTS) is 1. The van der Waals surface area contributed by atoms with Crippen molar-refractivity contribution in [3.63, 3.8) is 0 Å². The van der Waals surface area contributed by atoms with Gasteiger partial charge in [0.2, 0.25) is 0 Å². The number of likely N-dealkylation sites (tertiary alicyclic amines) is 1. The lowest BCUT2D eigenvalue weighted by molar-refractivity contribution is 0.0309. The number of ether oxygens (including phenoxy) is 1. The lowest BCUT2D eigenvalue weighted by Crippen LogP contribution is -2.56. The maximum Gasteiger partial charge on any atom is 0.407 e. The highest BCUT2D eigenvalue weighted by atomic mass is 35.5. The highest BCUT2D eigenvalue weighted by Gasteiger charge is 2.33. The van der Waals surface area contributed by atoms with Crippen LogP contribution in [0.1, 0.15) is 20.8 Å². The van der Waals surface area contributed by atoms with Gasteiger partial charge in [0, 0.05) is 42.7 Å². The molecule has 0 unspecified atom stereocenters. The quantitative estimate of drug-likeness (QED) is 0.862. The van der Waals surface area contributed by atoms with Crippen molar-refractivity contribution in [1.29, 1.82) is 0 Å². The van der Waals surface area contributed by atoms with Gasteiger partial charge in [0.05, 0.1) is 0 Å². The summed E-state index contributed by atoms with van der Waals surface area (Å²) >= 11 is 5.83. The Labute approximate surface area is 142 Å². The first-order valence-electron chi connectivity index (χ1n) is 7.87. The lowest BCUT2D eigenvalue weighted by atomic mass is 9.96. The topological polar surface area (TPSA) is 53.0 Å². The first-order chi connectivity index (χ1) is 10.8. The Kier molecular flexibility index (Phi) is 5.76. The zero-order chi connectivity index (χ0) is 17.0. The monoisotopic (exact) mass is 340 g/mol. The first kappa shape index (κ1) is 17.9. The molecule has 0 aliphatic carbocycles. The molecule has 0 radical (unpaired) electrons. The molecule has 128 valence electrons. The average molecular weight is 341 g/mol. The molecule has 0 spiro atoms. The second-order valence-electron chi connectivity index (χ2n) is 6.99. The molecule has 1 aliphatic heterocycles. The Morgan fingerprint density at radius 2 is 1.96 bits per heavy atom. The van der Waals surface area contributed by atoms with Crippen molar-refractivity contribution < 1.29 is 14.6 Å². The van der Waals surface area contributed by atoms with E-state index in [1.54, 1.807) is 0 Å². The van der Waals surface area contributed by atoms with Crippen molar-refractivity contribution in [2.45, 2.75) is 26.3 Å². The summed E-state index contributed by atoms with van der Waals surface area (Å²) in [6.07, 6.45) is -0.845. The molecule has 1 aromatic rings. The maximum atomic E-state index is 11.3. The van der Waals surface area contributed by atoms with E-state index >= 15 is 0 Å². The van der Waals surface area contributed by atoms with E-state index in [0.717, 1.165) is 25.4 Å². The average Bonchev–Trinajstić information content (AvgIpc) is 2.40. The molecular weight excluding hydrogens is 316 g/mol. The molecule has 1 N–H and O–H groups in total. The van der Waals surface area contributed by atoms with Crippen LogP contribution in [-0.2, 0) is 0 Å². The van der Waals surface area contributed by atoms with Gasteiger partial charge in [-0.3, -0.25) is 4.90 Å². The molecule has 1 amide bonds. The predicted octanol–water partition coefficient (Wildman–Crippen LogP) is 3.43. The number of benzene rings is 1. The highest BCUT2D eigenvalue weighted by Crippen LogP contribution is 2.22. The Morgan fingerprint density at radius 3 is 2.48 bits per heavy atom. The van der Waals surface area contributed by atoms with Crippen LogP contribution < -0.4 is 4.74 Å². The minimum atomic E-state index is -0.845. The highest BCUT2D eigenvalue weighted by molar-refractivity contribution is 6.30. The van der Waals surface area contributed by atoms with Gasteiger partial charge in [0.1, 0.15) is 12.4 Å². The number of hydrogen-bond donors (Lipinski definition) is 1. The molecule has 0 atom stereocenters. The third-order valence-corrected chi connectivity index (χ3v) is 4.26. The second kappa shape index (κ2) is 7.41. The molecule has 2 rings (SSSR count). The molecule has 6 heteroatoms. The van der Waals surface area contributed by atoms with E-state index in [2.05, 4.69) is 4.90 Å². The number of halogens is 1. The van der Waals surface area contributed by atoms with Gasteiger partial charge < -0.3 is 14.7 Å². The molecule has 0 saturated carbocycles. The largest absolute Gasteiger partial charge is 0.492 e. The van der Waals surface area contributed by atoms with E-state index in [1.807, 2.05) is 45.0 Å². The Balaban J connectivity index is 1.67. The van der Waals surface area contributed by atoms with Crippen LogP contribution in [-0.4, -0.2) is 59.3 Å². The summed E-state index contributed by atoms with van der Waals surface area (Å²) < 4.78 is 5.67. The maximum absolute atomic E-state index is 11.3. The van der Waals surface area contributed by atoms with Crippen LogP contribution in [0.25, 0.3) is 0 Å². The van der Waals surface area contributed by atoms with Gasteiger partial charge >= 0.3 is 6.09 Å². The zero-order valence-corrected chi connectivity index (χ0v) is 14.7. The Bertz CT molecular complexity index is 522. The van der Waals surface area contributed by atoms with Crippen molar-refractivity contribution in [3.8, 4) is 5.75 Å². The molecule has 1 saturated heterocycles. The smallest absolute Gasteiger partial charge is 0.407 e. The number of rotatable bonds is 6. The van der Waals surface area contributed by atoms with E-state index in [4.69, 9.17) is 16.3 Å². The van der Waals surface area contributed by atoms with Gasteiger partial charge in [-0.1, -0.05) is 11.6 Å². The molecule has 23 heavy (non-hydrogen) atoms. The molecule has 0 aromatic heterocycles. The predicted molar refractivity (Wildman–Crippen MR) is 91.4 cm³/mol. The Hall–Kier alpha value is -1.46. The van der Waals surface area contributed by atoms with Crippen LogP contribution in [0.5, 0.6) is 5.75 Å². The van der Waals surface area contributed by atoms with Gasteiger partial charge in [-0.2, -0.15) is 0 Å². The minimum absolute atomic E-state index is 0.357. The summed E-state index contributed by atoms with van der Waals surface area (Å²) in [5, 5.41) is 10.0. The molecule has 1 aliphatic rings. The third kappa shape index (κ3) is 5.29. The van der Waals surface area contributed by atoms with Crippen LogP contribution in [0.2, 0.25) is 5.02 Å². The standard InChI is InChI=1S/C17H25ClN2O3/c1-17(2,3)20(16(21)22)12-13-10-19(11-13)8-9-23-15-6-4-14(18)5-7-15/h4-7,13H,8-12H2,1-3H3,(H,21,22). The van der Waals surface area contributed by atoms with Gasteiger partial charge in [-0.25, -0.2) is 4.79 Å². The molecule has 1 aromatic carbocycles. The lowest BCUT2D eigenvalue weighted by Gasteiger charge is -2.44. The summed E-state index contributed by atoms with van der Waals surface area (Å²) in [6, 6.07) is 7.33. The van der Waals surface area contributed by atoms with E-state index in [0.29, 0.717) is 24.1 Å². The minimum Gasteiger partial charge on any atom is -0.492 e. The van der Waals surface area contributed by atoms with Crippen molar-refractivity contribution >= 4 is 17.7 Å². The number of hydrogen-bond acceptors (Lipinski definition) is 3. The normalized spacial score (nSPS) is 16.0. The SMILES string of the molecule is CC(C)(C)N(CC1CN(CCOc2ccc(Cl)cc2)C1)C(=O)O. The van der Waals surface area contributed by atoms with E-state index < -0.39 is 6.09 Å². The summed E-state index contributed by atoms with van der Waals surface area (Å²) in [6.45, 7) is 9.69. The van der Waals surface area contributed by atoms with Crippen molar-refractivity contribution in [1.82, 2.24) is 9.80 Å². The fraction of sp³-hybridized carbons (Fsp3) is 0.588. The van der Waals surface area contributed by atoms with Crippen LogP contribution in [0.3, 0.4) is 0 Å². The summed E-state index contributed by atoms with van der Waals surface area (Å²) in [7, 11) is 0. The van der Waals surface area contributed by atoms with Gasteiger partial charge in [0.15, 0.2) is 0 Å². The van der Waals surface area contributed by atoms with Crippen LogP contribution in [0.15, 0.2) is 24.3 Å². The molecule has 1 fully saturated rings. The molecule has 1 heterocycles.